The molecule has 1 amide bonds. The van der Waals surface area contributed by atoms with Gasteiger partial charge in [-0.3, -0.25) is 9.48 Å². The summed E-state index contributed by atoms with van der Waals surface area (Å²) in [5, 5.41) is 4.36. The van der Waals surface area contributed by atoms with Gasteiger partial charge in [0.05, 0.1) is 0 Å². The van der Waals surface area contributed by atoms with Gasteiger partial charge in [-0.2, -0.15) is 9.40 Å². The molecule has 0 saturated carbocycles. The largest absolute Gasteiger partial charge is 0.573 e. The summed E-state index contributed by atoms with van der Waals surface area (Å²) in [6.45, 7) is 0.920. The van der Waals surface area contributed by atoms with Gasteiger partial charge in [-0.25, -0.2) is 8.42 Å². The van der Waals surface area contributed by atoms with E-state index in [1.807, 2.05) is 4.68 Å². The lowest BCUT2D eigenvalue weighted by Gasteiger charge is -2.33. The van der Waals surface area contributed by atoms with Crippen molar-refractivity contribution < 1.29 is 31.1 Å². The number of fused-ring (bicyclic) bond motifs is 1. The molecule has 4 rings (SSSR count). The quantitative estimate of drug-likeness (QED) is 0.702. The standard InChI is InChI=1S/C19H21F3N4O4S/c20-19(21,22)30-16-6-1-2-7-17(16)31(28,29)25-11-9-24(10-12-25)18(27)15-13-14-5-3-4-8-26(14)23-15/h1-2,6-7,13H,3-5,8-12H2. The van der Waals surface area contributed by atoms with Gasteiger partial charge in [0, 0.05) is 38.4 Å². The molecule has 0 radical (unpaired) electrons. The number of aromatic nitrogens is 2. The Morgan fingerprint density at radius 2 is 1.74 bits per heavy atom. The Hall–Kier alpha value is -2.60. The summed E-state index contributed by atoms with van der Waals surface area (Å²) in [6, 6.07) is 6.40. The summed E-state index contributed by atoms with van der Waals surface area (Å²) >= 11 is 0. The molecule has 31 heavy (non-hydrogen) atoms. The molecule has 0 N–H and O–H groups in total. The maximum absolute atomic E-state index is 12.9. The van der Waals surface area contributed by atoms with Crippen molar-refractivity contribution in [3.05, 3.63) is 41.7 Å². The Balaban J connectivity index is 1.46. The Morgan fingerprint density at radius 1 is 1.03 bits per heavy atom. The third-order valence-electron chi connectivity index (χ3n) is 5.35. The summed E-state index contributed by atoms with van der Waals surface area (Å²) in [4.78, 5) is 13.7. The first-order valence-corrected chi connectivity index (χ1v) is 11.3. The van der Waals surface area contributed by atoms with Crippen LogP contribution in [0.15, 0.2) is 35.2 Å². The fraction of sp³-hybridized carbons (Fsp3) is 0.474. The van der Waals surface area contributed by atoms with Gasteiger partial charge < -0.3 is 9.64 Å². The minimum Gasteiger partial charge on any atom is -0.404 e. The van der Waals surface area contributed by atoms with Gasteiger partial charge in [-0.15, -0.1) is 13.2 Å². The van der Waals surface area contributed by atoms with Crippen molar-refractivity contribution >= 4 is 15.9 Å². The van der Waals surface area contributed by atoms with E-state index in [-0.39, 0.29) is 32.1 Å². The van der Waals surface area contributed by atoms with E-state index >= 15 is 0 Å². The third kappa shape index (κ3) is 4.54. The Bertz CT molecular complexity index is 1050. The molecule has 2 aliphatic heterocycles. The minimum absolute atomic E-state index is 0.0397. The number of hydrogen-bond donors (Lipinski definition) is 0. The van der Waals surface area contributed by atoms with Gasteiger partial charge in [-0.1, -0.05) is 12.1 Å². The third-order valence-corrected chi connectivity index (χ3v) is 7.29. The van der Waals surface area contributed by atoms with Gasteiger partial charge in [-0.05, 0) is 37.5 Å². The summed E-state index contributed by atoms with van der Waals surface area (Å²) in [5.74, 6) is -1.06. The number of benzene rings is 1. The van der Waals surface area contributed by atoms with Crippen molar-refractivity contribution in [2.24, 2.45) is 0 Å². The van der Waals surface area contributed by atoms with Crippen molar-refractivity contribution in [2.75, 3.05) is 26.2 Å². The molecule has 0 atom stereocenters. The van der Waals surface area contributed by atoms with Crippen molar-refractivity contribution in [2.45, 2.75) is 37.1 Å². The molecule has 1 aromatic carbocycles. The lowest BCUT2D eigenvalue weighted by atomic mass is 10.1. The first-order valence-electron chi connectivity index (χ1n) is 9.86. The molecule has 0 spiro atoms. The fourth-order valence-electron chi connectivity index (χ4n) is 3.83. The number of carbonyl (C=O) groups is 1. The number of amides is 1. The molecule has 0 unspecified atom stereocenters. The highest BCUT2D eigenvalue weighted by Crippen LogP contribution is 2.31. The number of para-hydroxylation sites is 1. The summed E-state index contributed by atoms with van der Waals surface area (Å²) in [5.41, 5.74) is 1.34. The van der Waals surface area contributed by atoms with Crippen molar-refractivity contribution in [3.63, 3.8) is 0 Å². The molecular weight excluding hydrogens is 437 g/mol. The number of carbonyl (C=O) groups excluding carboxylic acids is 1. The van der Waals surface area contributed by atoms with Gasteiger partial charge in [0.1, 0.15) is 10.6 Å². The van der Waals surface area contributed by atoms with E-state index in [9.17, 15) is 26.4 Å². The average Bonchev–Trinajstić information content (AvgIpc) is 3.17. The molecule has 2 aromatic rings. The molecule has 0 bridgehead atoms. The number of rotatable bonds is 4. The van der Waals surface area contributed by atoms with Gasteiger partial charge >= 0.3 is 6.36 Å². The zero-order chi connectivity index (χ0) is 22.2. The van der Waals surface area contributed by atoms with Crippen LogP contribution in [0.25, 0.3) is 0 Å². The first kappa shape index (κ1) is 21.6. The first-order chi connectivity index (χ1) is 14.6. The van der Waals surface area contributed by atoms with E-state index in [0.717, 1.165) is 47.9 Å². The molecular formula is C19H21F3N4O4S. The van der Waals surface area contributed by atoms with Crippen molar-refractivity contribution in [3.8, 4) is 5.75 Å². The Kier molecular flexibility index (Phi) is 5.69. The van der Waals surface area contributed by atoms with E-state index < -0.39 is 27.0 Å². The van der Waals surface area contributed by atoms with Crippen LogP contribution in [0.5, 0.6) is 5.75 Å². The highest BCUT2D eigenvalue weighted by atomic mass is 32.2. The molecule has 1 fully saturated rings. The zero-order valence-electron chi connectivity index (χ0n) is 16.5. The molecule has 12 heteroatoms. The lowest BCUT2D eigenvalue weighted by molar-refractivity contribution is -0.275. The second-order valence-electron chi connectivity index (χ2n) is 7.39. The Morgan fingerprint density at radius 3 is 2.42 bits per heavy atom. The molecule has 2 aliphatic rings. The van der Waals surface area contributed by atoms with Crippen molar-refractivity contribution in [1.29, 1.82) is 0 Å². The molecule has 1 aromatic heterocycles. The van der Waals surface area contributed by atoms with E-state index in [2.05, 4.69) is 9.84 Å². The van der Waals surface area contributed by atoms with Crippen LogP contribution in [0, 0.1) is 0 Å². The van der Waals surface area contributed by atoms with Crippen LogP contribution in [0.3, 0.4) is 0 Å². The number of piperazine rings is 1. The molecule has 3 heterocycles. The zero-order valence-corrected chi connectivity index (χ0v) is 17.3. The molecule has 1 saturated heterocycles. The Labute approximate surface area is 177 Å². The second-order valence-corrected chi connectivity index (χ2v) is 9.30. The second kappa shape index (κ2) is 8.15. The number of alkyl halides is 3. The number of nitrogens with zero attached hydrogens (tertiary/aromatic N) is 4. The van der Waals surface area contributed by atoms with Gasteiger partial charge in [0.15, 0.2) is 5.69 Å². The van der Waals surface area contributed by atoms with E-state index in [0.29, 0.717) is 5.69 Å². The van der Waals surface area contributed by atoms with Crippen LogP contribution in [0.2, 0.25) is 0 Å². The number of ether oxygens (including phenoxy) is 1. The van der Waals surface area contributed by atoms with E-state index in [4.69, 9.17) is 0 Å². The number of hydrogen-bond acceptors (Lipinski definition) is 5. The maximum Gasteiger partial charge on any atom is 0.573 e. The summed E-state index contributed by atoms with van der Waals surface area (Å²) in [7, 11) is -4.23. The number of halogens is 3. The monoisotopic (exact) mass is 458 g/mol. The summed E-state index contributed by atoms with van der Waals surface area (Å²) < 4.78 is 70.6. The predicted octanol–water partition coefficient (Wildman–Crippen LogP) is 2.26. The molecule has 168 valence electrons. The van der Waals surface area contributed by atoms with Crippen LogP contribution in [0.4, 0.5) is 13.2 Å². The predicted molar refractivity (Wildman–Crippen MR) is 103 cm³/mol. The van der Waals surface area contributed by atoms with Crippen LogP contribution in [-0.2, 0) is 23.0 Å². The van der Waals surface area contributed by atoms with Crippen molar-refractivity contribution in [1.82, 2.24) is 19.0 Å². The van der Waals surface area contributed by atoms with Crippen LogP contribution >= 0.6 is 0 Å². The topological polar surface area (TPSA) is 84.7 Å². The molecule has 8 nitrogen and oxygen atoms in total. The maximum atomic E-state index is 12.9. The number of aryl methyl sites for hydroxylation is 2. The smallest absolute Gasteiger partial charge is 0.404 e. The number of sulfonamides is 1. The molecule has 0 aliphatic carbocycles. The normalized spacial score (nSPS) is 18.0. The van der Waals surface area contributed by atoms with E-state index in [1.165, 1.54) is 17.0 Å². The fourth-order valence-corrected chi connectivity index (χ4v) is 5.36. The van der Waals surface area contributed by atoms with Gasteiger partial charge in [0.25, 0.3) is 5.91 Å². The van der Waals surface area contributed by atoms with Gasteiger partial charge in [0.2, 0.25) is 10.0 Å². The summed E-state index contributed by atoms with van der Waals surface area (Å²) in [6.07, 6.45) is -2.08. The average molecular weight is 458 g/mol. The SMILES string of the molecule is O=C(c1cc2n(n1)CCCC2)N1CCN(S(=O)(=O)c2ccccc2OC(F)(F)F)CC1. The highest BCUT2D eigenvalue weighted by Gasteiger charge is 2.37. The van der Waals surface area contributed by atoms with Crippen LogP contribution < -0.4 is 4.74 Å². The highest BCUT2D eigenvalue weighted by molar-refractivity contribution is 7.89. The minimum atomic E-state index is -5.01. The van der Waals surface area contributed by atoms with E-state index in [1.54, 1.807) is 6.07 Å². The van der Waals surface area contributed by atoms with Crippen LogP contribution in [0.1, 0.15) is 29.0 Å². The lowest BCUT2D eigenvalue weighted by Crippen LogP contribution is -2.50. The van der Waals surface area contributed by atoms with Crippen LogP contribution in [-0.4, -0.2) is 65.9 Å².